The van der Waals surface area contributed by atoms with Crippen molar-refractivity contribution in [1.82, 2.24) is 14.8 Å². The summed E-state index contributed by atoms with van der Waals surface area (Å²) in [7, 11) is 1.91. The fourth-order valence-corrected chi connectivity index (χ4v) is 3.82. The Morgan fingerprint density at radius 1 is 1.00 bits per heavy atom. The van der Waals surface area contributed by atoms with Gasteiger partial charge in [0.05, 0.1) is 5.25 Å². The lowest BCUT2D eigenvalue weighted by atomic mass is 10.1. The molecule has 0 bridgehead atoms. The lowest BCUT2D eigenvalue weighted by Crippen LogP contribution is -2.18. The largest absolute Gasteiger partial charge is 0.326 e. The Bertz CT molecular complexity index is 1060. The second kappa shape index (κ2) is 9.26. The van der Waals surface area contributed by atoms with Crippen molar-refractivity contribution >= 4 is 29.1 Å². The van der Waals surface area contributed by atoms with Crippen molar-refractivity contribution in [3.05, 3.63) is 59.7 Å². The van der Waals surface area contributed by atoms with Crippen LogP contribution in [0.25, 0.3) is 11.4 Å². The molecule has 0 fully saturated rings. The van der Waals surface area contributed by atoms with Gasteiger partial charge in [0.15, 0.2) is 16.8 Å². The van der Waals surface area contributed by atoms with E-state index >= 15 is 0 Å². The molecule has 7 heteroatoms. The van der Waals surface area contributed by atoms with Crippen molar-refractivity contribution < 1.29 is 9.59 Å². The predicted molar refractivity (Wildman–Crippen MR) is 121 cm³/mol. The normalized spacial score (nSPS) is 12.1. The van der Waals surface area contributed by atoms with Crippen LogP contribution in [0.2, 0.25) is 0 Å². The van der Waals surface area contributed by atoms with E-state index in [-0.39, 0.29) is 22.9 Å². The van der Waals surface area contributed by atoms with E-state index in [0.717, 1.165) is 17.0 Å². The number of hydrogen-bond acceptors (Lipinski definition) is 5. The number of ketones is 1. The highest BCUT2D eigenvalue weighted by Gasteiger charge is 2.21. The van der Waals surface area contributed by atoms with Gasteiger partial charge in [-0.2, -0.15) is 0 Å². The van der Waals surface area contributed by atoms with Crippen LogP contribution in [0.15, 0.2) is 53.7 Å². The van der Waals surface area contributed by atoms with Crippen LogP contribution in [-0.2, 0) is 11.8 Å². The average Bonchev–Trinajstić information content (AvgIpc) is 3.08. The molecule has 0 aliphatic heterocycles. The molecule has 0 aliphatic rings. The first-order valence-corrected chi connectivity index (χ1v) is 10.7. The van der Waals surface area contributed by atoms with Gasteiger partial charge in [-0.25, -0.2) is 0 Å². The van der Waals surface area contributed by atoms with Gasteiger partial charge in [-0.05, 0) is 43.7 Å². The highest BCUT2D eigenvalue weighted by molar-refractivity contribution is 8.00. The number of carbonyl (C=O) groups excluding carboxylic acids is 2. The second-order valence-corrected chi connectivity index (χ2v) is 8.83. The van der Waals surface area contributed by atoms with Gasteiger partial charge in [-0.1, -0.05) is 49.9 Å². The molecule has 6 nitrogen and oxygen atoms in total. The summed E-state index contributed by atoms with van der Waals surface area (Å²) in [5.41, 5.74) is 3.43. The number of benzene rings is 2. The summed E-state index contributed by atoms with van der Waals surface area (Å²) in [5, 5.41) is 11.8. The number of Topliss-reactive ketones (excluding diaryl/α,β-unsaturated/α-hetero) is 1. The van der Waals surface area contributed by atoms with E-state index in [1.165, 1.54) is 11.8 Å². The maximum Gasteiger partial charge on any atom is 0.226 e. The second-order valence-electron chi connectivity index (χ2n) is 7.53. The Labute approximate surface area is 181 Å². The number of aryl methyl sites for hydroxylation is 1. The molecular weight excluding hydrogens is 396 g/mol. The van der Waals surface area contributed by atoms with Gasteiger partial charge in [-0.3, -0.25) is 9.59 Å². The molecule has 0 saturated carbocycles. The number of nitrogens with zero attached hydrogens (tertiary/aromatic N) is 3. The Kier molecular flexibility index (Phi) is 6.72. The van der Waals surface area contributed by atoms with Crippen molar-refractivity contribution in [3.8, 4) is 11.4 Å². The van der Waals surface area contributed by atoms with Crippen LogP contribution >= 0.6 is 11.8 Å². The van der Waals surface area contributed by atoms with Crippen molar-refractivity contribution in [2.24, 2.45) is 13.0 Å². The highest BCUT2D eigenvalue weighted by atomic mass is 32.2. The molecule has 1 unspecified atom stereocenters. The van der Waals surface area contributed by atoms with Crippen molar-refractivity contribution in [1.29, 1.82) is 0 Å². The molecule has 1 amide bonds. The van der Waals surface area contributed by atoms with Gasteiger partial charge in [0.25, 0.3) is 0 Å². The number of anilines is 1. The summed E-state index contributed by atoms with van der Waals surface area (Å²) in [5.74, 6) is 0.631. The first kappa shape index (κ1) is 21.8. The molecule has 1 aromatic heterocycles. The molecular formula is C23H26N4O2S. The summed E-state index contributed by atoms with van der Waals surface area (Å²) in [6, 6.07) is 15.0. The molecule has 1 atom stereocenters. The molecule has 30 heavy (non-hydrogen) atoms. The Balaban J connectivity index is 1.71. The summed E-state index contributed by atoms with van der Waals surface area (Å²) < 4.78 is 1.92. The Morgan fingerprint density at radius 2 is 1.67 bits per heavy atom. The van der Waals surface area contributed by atoms with Crippen LogP contribution in [0.4, 0.5) is 5.69 Å². The van der Waals surface area contributed by atoms with E-state index in [1.807, 2.05) is 63.6 Å². The molecule has 1 heterocycles. The predicted octanol–water partition coefficient (Wildman–Crippen LogP) is 4.75. The topological polar surface area (TPSA) is 76.9 Å². The SMILES string of the molecule is Cc1ccccc1-c1nnc(SC(C)C(=O)c2ccc(NC(=O)C(C)C)cc2)n1C. The van der Waals surface area contributed by atoms with Gasteiger partial charge in [0, 0.05) is 29.8 Å². The molecule has 0 radical (unpaired) electrons. The molecule has 2 aromatic carbocycles. The quantitative estimate of drug-likeness (QED) is 0.439. The lowest BCUT2D eigenvalue weighted by molar-refractivity contribution is -0.118. The van der Waals surface area contributed by atoms with Crippen LogP contribution in [0.5, 0.6) is 0 Å². The van der Waals surface area contributed by atoms with Gasteiger partial charge < -0.3 is 9.88 Å². The van der Waals surface area contributed by atoms with E-state index in [1.54, 1.807) is 24.3 Å². The average molecular weight is 423 g/mol. The number of amides is 1. The Hall–Kier alpha value is -2.93. The number of nitrogens with one attached hydrogen (secondary N) is 1. The third kappa shape index (κ3) is 4.79. The van der Waals surface area contributed by atoms with E-state index in [4.69, 9.17) is 0 Å². The smallest absolute Gasteiger partial charge is 0.226 e. The minimum absolute atomic E-state index is 0.00202. The zero-order valence-corrected chi connectivity index (χ0v) is 18.7. The number of carbonyl (C=O) groups is 2. The van der Waals surface area contributed by atoms with E-state index in [9.17, 15) is 9.59 Å². The minimum atomic E-state index is -0.325. The van der Waals surface area contributed by atoms with Gasteiger partial charge in [0.2, 0.25) is 5.91 Å². The summed E-state index contributed by atoms with van der Waals surface area (Å²) in [6.07, 6.45) is 0. The van der Waals surface area contributed by atoms with Crippen molar-refractivity contribution in [3.63, 3.8) is 0 Å². The monoisotopic (exact) mass is 422 g/mol. The minimum Gasteiger partial charge on any atom is -0.326 e. The highest BCUT2D eigenvalue weighted by Crippen LogP contribution is 2.28. The van der Waals surface area contributed by atoms with E-state index in [0.29, 0.717) is 16.4 Å². The number of thioether (sulfide) groups is 1. The van der Waals surface area contributed by atoms with Gasteiger partial charge in [0.1, 0.15) is 0 Å². The molecule has 1 N–H and O–H groups in total. The third-order valence-electron chi connectivity index (χ3n) is 4.83. The van der Waals surface area contributed by atoms with Gasteiger partial charge >= 0.3 is 0 Å². The standard InChI is InChI=1S/C23H26N4O2S/c1-14(2)22(29)24-18-12-10-17(11-13-18)20(28)16(4)30-23-26-25-21(27(23)5)19-9-7-6-8-15(19)3/h6-14,16H,1-5H3,(H,24,29). The molecule has 0 spiro atoms. The molecule has 0 saturated heterocycles. The first-order valence-electron chi connectivity index (χ1n) is 9.85. The fourth-order valence-electron chi connectivity index (χ4n) is 2.93. The lowest BCUT2D eigenvalue weighted by Gasteiger charge is -2.12. The Morgan fingerprint density at radius 3 is 2.30 bits per heavy atom. The van der Waals surface area contributed by atoms with Crippen LogP contribution in [0.1, 0.15) is 36.7 Å². The van der Waals surface area contributed by atoms with E-state index < -0.39 is 0 Å². The summed E-state index contributed by atoms with van der Waals surface area (Å²) in [4.78, 5) is 24.7. The maximum atomic E-state index is 12.9. The molecule has 3 aromatic rings. The van der Waals surface area contributed by atoms with Crippen molar-refractivity contribution in [2.75, 3.05) is 5.32 Å². The zero-order chi connectivity index (χ0) is 21.8. The zero-order valence-electron chi connectivity index (χ0n) is 17.8. The number of aromatic nitrogens is 3. The molecule has 3 rings (SSSR count). The van der Waals surface area contributed by atoms with Crippen molar-refractivity contribution in [2.45, 2.75) is 38.1 Å². The van der Waals surface area contributed by atoms with Crippen LogP contribution < -0.4 is 5.32 Å². The van der Waals surface area contributed by atoms with Crippen LogP contribution in [0, 0.1) is 12.8 Å². The first-order chi connectivity index (χ1) is 14.3. The number of rotatable bonds is 7. The molecule has 0 aliphatic carbocycles. The van der Waals surface area contributed by atoms with Gasteiger partial charge in [-0.15, -0.1) is 10.2 Å². The molecule has 156 valence electrons. The van der Waals surface area contributed by atoms with E-state index in [2.05, 4.69) is 15.5 Å². The summed E-state index contributed by atoms with van der Waals surface area (Å²) >= 11 is 1.38. The fraction of sp³-hybridized carbons (Fsp3) is 0.304. The third-order valence-corrected chi connectivity index (χ3v) is 5.97. The van der Waals surface area contributed by atoms with Crippen LogP contribution in [0.3, 0.4) is 0 Å². The number of hydrogen-bond donors (Lipinski definition) is 1. The summed E-state index contributed by atoms with van der Waals surface area (Å²) in [6.45, 7) is 7.58. The maximum absolute atomic E-state index is 12.9. The van der Waals surface area contributed by atoms with Crippen LogP contribution in [-0.4, -0.2) is 31.7 Å².